The smallest absolute Gasteiger partial charge is 0.293 e. The van der Waals surface area contributed by atoms with E-state index in [2.05, 4.69) is 5.32 Å². The second-order valence-corrected chi connectivity index (χ2v) is 8.45. The van der Waals surface area contributed by atoms with Gasteiger partial charge in [-0.25, -0.2) is 0 Å². The van der Waals surface area contributed by atoms with Crippen molar-refractivity contribution in [3.05, 3.63) is 58.6 Å². The first-order valence-electron chi connectivity index (χ1n) is 9.91. The lowest BCUT2D eigenvalue weighted by Crippen LogP contribution is -2.22. The summed E-state index contributed by atoms with van der Waals surface area (Å²) in [4.78, 5) is 38.6. The van der Waals surface area contributed by atoms with Gasteiger partial charge in [0.05, 0.1) is 4.91 Å². The second kappa shape index (κ2) is 7.76. The molecule has 1 aromatic heterocycles. The van der Waals surface area contributed by atoms with Crippen molar-refractivity contribution in [3.8, 4) is 11.5 Å². The number of carbonyl (C=O) groups excluding carboxylic acids is 3. The van der Waals surface area contributed by atoms with Gasteiger partial charge in [-0.15, -0.1) is 0 Å². The fraction of sp³-hybridized carbons (Fsp3) is 0.174. The van der Waals surface area contributed by atoms with Crippen LogP contribution in [0.4, 0.5) is 10.5 Å². The summed E-state index contributed by atoms with van der Waals surface area (Å²) in [6, 6.07) is 12.9. The molecule has 32 heavy (non-hydrogen) atoms. The number of imide groups is 1. The van der Waals surface area contributed by atoms with E-state index in [0.29, 0.717) is 22.1 Å². The van der Waals surface area contributed by atoms with E-state index in [9.17, 15) is 14.4 Å². The predicted octanol–water partition coefficient (Wildman–Crippen LogP) is 3.98. The van der Waals surface area contributed by atoms with Gasteiger partial charge in [-0.3, -0.25) is 19.3 Å². The number of aromatic nitrogens is 1. The maximum atomic E-state index is 12.8. The average molecular weight is 449 g/mol. The van der Waals surface area contributed by atoms with Gasteiger partial charge in [-0.05, 0) is 43.0 Å². The molecule has 2 aliphatic heterocycles. The minimum atomic E-state index is -0.322. The summed E-state index contributed by atoms with van der Waals surface area (Å²) in [5.74, 6) is 0.721. The summed E-state index contributed by atoms with van der Waals surface area (Å²) >= 11 is 0.916. The van der Waals surface area contributed by atoms with Gasteiger partial charge in [-0.2, -0.15) is 0 Å². The number of para-hydroxylation sites is 1. The van der Waals surface area contributed by atoms with E-state index in [0.717, 1.165) is 38.8 Å². The van der Waals surface area contributed by atoms with Crippen LogP contribution < -0.4 is 14.8 Å². The lowest BCUT2D eigenvalue weighted by atomic mass is 10.1. The van der Waals surface area contributed by atoms with Crippen molar-refractivity contribution < 1.29 is 23.9 Å². The molecule has 0 saturated carbocycles. The van der Waals surface area contributed by atoms with Gasteiger partial charge >= 0.3 is 0 Å². The highest BCUT2D eigenvalue weighted by Gasteiger charge is 2.32. The Morgan fingerprint density at radius 1 is 1.16 bits per heavy atom. The van der Waals surface area contributed by atoms with E-state index in [4.69, 9.17) is 9.47 Å². The molecule has 0 spiro atoms. The summed E-state index contributed by atoms with van der Waals surface area (Å²) in [5, 5.41) is 3.50. The van der Waals surface area contributed by atoms with Crippen molar-refractivity contribution in [1.82, 2.24) is 9.47 Å². The lowest BCUT2D eigenvalue weighted by molar-refractivity contribution is -0.121. The molecule has 162 valence electrons. The fourth-order valence-corrected chi connectivity index (χ4v) is 4.65. The Balaban J connectivity index is 1.46. The standard InChI is InChI=1S/C23H19N3O5S/c1-13-16(10-20-22(28)25(2)23(29)32-20)15-5-3-4-6-17(15)26(13)11-21(27)24-14-7-8-18-19(9-14)31-12-30-18/h3-10H,11-12H2,1-2H3,(H,24,27)/b20-10-. The number of anilines is 1. The number of nitrogens with one attached hydrogen (secondary N) is 1. The molecule has 0 bridgehead atoms. The Morgan fingerprint density at radius 3 is 2.72 bits per heavy atom. The number of benzene rings is 2. The lowest BCUT2D eigenvalue weighted by Gasteiger charge is -2.10. The van der Waals surface area contributed by atoms with Crippen molar-refractivity contribution in [2.45, 2.75) is 13.5 Å². The molecular formula is C23H19N3O5S. The molecule has 2 aromatic carbocycles. The molecule has 3 amide bonds. The number of likely N-dealkylation sites (N-methyl/N-ethyl adjacent to an activating group) is 1. The van der Waals surface area contributed by atoms with Gasteiger partial charge < -0.3 is 19.4 Å². The Labute approximate surface area is 187 Å². The first kappa shape index (κ1) is 20.2. The van der Waals surface area contributed by atoms with E-state index >= 15 is 0 Å². The largest absolute Gasteiger partial charge is 0.454 e. The summed E-state index contributed by atoms with van der Waals surface area (Å²) in [6.45, 7) is 2.15. The van der Waals surface area contributed by atoms with Crippen LogP contribution in [0.2, 0.25) is 0 Å². The van der Waals surface area contributed by atoms with Crippen LogP contribution in [0.3, 0.4) is 0 Å². The molecule has 1 saturated heterocycles. The van der Waals surface area contributed by atoms with Crippen LogP contribution >= 0.6 is 11.8 Å². The molecule has 2 aliphatic rings. The molecule has 3 heterocycles. The Kier molecular flexibility index (Phi) is 4.90. The predicted molar refractivity (Wildman–Crippen MR) is 122 cm³/mol. The van der Waals surface area contributed by atoms with Gasteiger partial charge in [0.2, 0.25) is 12.7 Å². The van der Waals surface area contributed by atoms with Crippen molar-refractivity contribution in [2.75, 3.05) is 19.2 Å². The van der Waals surface area contributed by atoms with Gasteiger partial charge in [0.15, 0.2) is 11.5 Å². The van der Waals surface area contributed by atoms with E-state index in [-0.39, 0.29) is 30.4 Å². The highest BCUT2D eigenvalue weighted by atomic mass is 32.2. The number of amides is 3. The van der Waals surface area contributed by atoms with Crippen molar-refractivity contribution in [2.24, 2.45) is 0 Å². The maximum absolute atomic E-state index is 12.8. The topological polar surface area (TPSA) is 89.9 Å². The molecule has 0 aliphatic carbocycles. The van der Waals surface area contributed by atoms with Gasteiger partial charge in [-0.1, -0.05) is 18.2 Å². The number of rotatable bonds is 4. The zero-order valence-electron chi connectivity index (χ0n) is 17.4. The molecule has 1 N–H and O–H groups in total. The van der Waals surface area contributed by atoms with Crippen molar-refractivity contribution >= 4 is 51.5 Å². The quantitative estimate of drug-likeness (QED) is 0.606. The zero-order valence-corrected chi connectivity index (χ0v) is 18.2. The summed E-state index contributed by atoms with van der Waals surface area (Å²) < 4.78 is 12.6. The molecule has 0 atom stereocenters. The number of carbonyl (C=O) groups is 3. The van der Waals surface area contributed by atoms with E-state index in [1.165, 1.54) is 7.05 Å². The first-order valence-corrected chi connectivity index (χ1v) is 10.7. The molecule has 9 heteroatoms. The number of ether oxygens (including phenoxy) is 2. The summed E-state index contributed by atoms with van der Waals surface area (Å²) in [7, 11) is 1.47. The van der Waals surface area contributed by atoms with Crippen LogP contribution in [0.15, 0.2) is 47.4 Å². The number of hydrogen-bond acceptors (Lipinski definition) is 6. The molecule has 8 nitrogen and oxygen atoms in total. The van der Waals surface area contributed by atoms with Crippen LogP contribution in [0.1, 0.15) is 11.3 Å². The van der Waals surface area contributed by atoms with E-state index < -0.39 is 0 Å². The van der Waals surface area contributed by atoms with Gasteiger partial charge in [0, 0.05) is 41.0 Å². The van der Waals surface area contributed by atoms with E-state index in [1.807, 2.05) is 35.8 Å². The van der Waals surface area contributed by atoms with Gasteiger partial charge in [0.1, 0.15) is 6.54 Å². The number of thioether (sulfide) groups is 1. The highest BCUT2D eigenvalue weighted by molar-refractivity contribution is 8.18. The summed E-state index contributed by atoms with van der Waals surface area (Å²) in [6.07, 6.45) is 1.73. The summed E-state index contributed by atoms with van der Waals surface area (Å²) in [5.41, 5.74) is 3.13. The maximum Gasteiger partial charge on any atom is 0.293 e. The van der Waals surface area contributed by atoms with E-state index in [1.54, 1.807) is 24.3 Å². The Hall–Kier alpha value is -3.72. The number of fused-ring (bicyclic) bond motifs is 2. The van der Waals surface area contributed by atoms with Crippen LogP contribution in [-0.2, 0) is 16.1 Å². The van der Waals surface area contributed by atoms with Crippen LogP contribution in [-0.4, -0.2) is 40.4 Å². The third kappa shape index (κ3) is 3.40. The second-order valence-electron chi connectivity index (χ2n) is 7.46. The van der Waals surface area contributed by atoms with Crippen LogP contribution in [0.5, 0.6) is 11.5 Å². The minimum absolute atomic E-state index is 0.0872. The zero-order chi connectivity index (χ0) is 22.4. The van der Waals surface area contributed by atoms with Crippen molar-refractivity contribution in [3.63, 3.8) is 0 Å². The average Bonchev–Trinajstić information content (AvgIpc) is 3.42. The van der Waals surface area contributed by atoms with Gasteiger partial charge in [0.25, 0.3) is 11.1 Å². The SMILES string of the molecule is Cc1c(/C=C2\SC(=O)N(C)C2=O)c2ccccc2n1CC(=O)Nc1ccc2c(c1)OCO2. The molecule has 0 unspecified atom stereocenters. The molecular weight excluding hydrogens is 430 g/mol. The Bertz CT molecular complexity index is 1330. The van der Waals surface area contributed by atoms with Crippen LogP contribution in [0, 0.1) is 6.92 Å². The number of nitrogens with zero attached hydrogens (tertiary/aromatic N) is 2. The molecule has 0 radical (unpaired) electrons. The highest BCUT2D eigenvalue weighted by Crippen LogP contribution is 2.36. The third-order valence-electron chi connectivity index (χ3n) is 5.50. The normalized spacial score (nSPS) is 16.4. The first-order chi connectivity index (χ1) is 15.4. The third-order valence-corrected chi connectivity index (χ3v) is 6.46. The fourth-order valence-electron chi connectivity index (χ4n) is 3.84. The Morgan fingerprint density at radius 2 is 1.94 bits per heavy atom. The van der Waals surface area contributed by atoms with Crippen LogP contribution in [0.25, 0.3) is 17.0 Å². The molecule has 5 rings (SSSR count). The minimum Gasteiger partial charge on any atom is -0.454 e. The monoisotopic (exact) mass is 449 g/mol. The molecule has 3 aromatic rings. The van der Waals surface area contributed by atoms with Crippen molar-refractivity contribution in [1.29, 1.82) is 0 Å². The number of hydrogen-bond donors (Lipinski definition) is 1. The molecule has 1 fully saturated rings.